The first-order valence-corrected chi connectivity index (χ1v) is 10.2. The summed E-state index contributed by atoms with van der Waals surface area (Å²) in [6.45, 7) is 9.00. The zero-order chi connectivity index (χ0) is 16.0. The second kappa shape index (κ2) is 8.18. The van der Waals surface area contributed by atoms with E-state index in [1.807, 2.05) is 18.5 Å². The number of aryl methyl sites for hydroxylation is 1. The molecule has 1 aromatic rings. The molecule has 1 rings (SSSR count). The lowest BCUT2D eigenvalue weighted by molar-refractivity contribution is 0.365. The van der Waals surface area contributed by atoms with Crippen LogP contribution in [0.15, 0.2) is 4.90 Å². The molecule has 0 bridgehead atoms. The molecular formula is C15H27ClN2O2S. The lowest BCUT2D eigenvalue weighted by atomic mass is 9.99. The topological polar surface area (TPSA) is 52.0 Å². The van der Waals surface area contributed by atoms with Gasteiger partial charge in [-0.1, -0.05) is 47.0 Å². The van der Waals surface area contributed by atoms with Crippen molar-refractivity contribution < 1.29 is 8.42 Å². The summed E-state index contributed by atoms with van der Waals surface area (Å²) in [7, 11) is 1.87. The number of hydrogen-bond donors (Lipinski definition) is 0. The zero-order valence-electron chi connectivity index (χ0n) is 13.5. The Morgan fingerprint density at radius 2 is 1.86 bits per heavy atom. The molecule has 0 spiro atoms. The predicted octanol–water partition coefficient (Wildman–Crippen LogP) is 4.15. The molecule has 4 nitrogen and oxygen atoms in total. The fourth-order valence-corrected chi connectivity index (χ4v) is 4.24. The normalized spacial score (nSPS) is 13.6. The number of rotatable bonds is 9. The van der Waals surface area contributed by atoms with Crippen LogP contribution >= 0.6 is 10.7 Å². The van der Waals surface area contributed by atoms with Gasteiger partial charge in [0.1, 0.15) is 4.90 Å². The second-order valence-corrected chi connectivity index (χ2v) is 7.97. The molecule has 0 saturated heterocycles. The predicted molar refractivity (Wildman–Crippen MR) is 87.3 cm³/mol. The molecule has 122 valence electrons. The summed E-state index contributed by atoms with van der Waals surface area (Å²) < 4.78 is 25.6. The molecule has 0 fully saturated rings. The zero-order valence-corrected chi connectivity index (χ0v) is 15.1. The standard InChI is InChI=1S/C15H27ClN2O2S/c1-5-9-10-12(6-2)11-18-14(8-4)15(21(16,19)20)13(7-3)17-18/h12H,5-11H2,1-4H3. The highest BCUT2D eigenvalue weighted by Gasteiger charge is 2.26. The van der Waals surface area contributed by atoms with Crippen molar-refractivity contribution in [3.63, 3.8) is 0 Å². The molecule has 0 aromatic carbocycles. The smallest absolute Gasteiger partial charge is 0.264 e. The van der Waals surface area contributed by atoms with Gasteiger partial charge in [0.2, 0.25) is 0 Å². The minimum atomic E-state index is -3.74. The van der Waals surface area contributed by atoms with Crippen molar-refractivity contribution in [2.75, 3.05) is 0 Å². The fraction of sp³-hybridized carbons (Fsp3) is 0.800. The van der Waals surface area contributed by atoms with Crippen LogP contribution in [0, 0.1) is 5.92 Å². The first-order valence-electron chi connectivity index (χ1n) is 7.92. The minimum Gasteiger partial charge on any atom is -0.268 e. The van der Waals surface area contributed by atoms with Crippen molar-refractivity contribution in [2.24, 2.45) is 5.92 Å². The largest absolute Gasteiger partial charge is 0.268 e. The van der Waals surface area contributed by atoms with Gasteiger partial charge in [0.25, 0.3) is 9.05 Å². The Kier molecular flexibility index (Phi) is 7.21. The first kappa shape index (κ1) is 18.5. The van der Waals surface area contributed by atoms with Gasteiger partial charge >= 0.3 is 0 Å². The van der Waals surface area contributed by atoms with Crippen LogP contribution in [-0.2, 0) is 28.4 Å². The first-order chi connectivity index (χ1) is 9.88. The van der Waals surface area contributed by atoms with E-state index in [1.54, 1.807) is 0 Å². The summed E-state index contributed by atoms with van der Waals surface area (Å²) in [5.41, 5.74) is 1.34. The molecule has 1 atom stereocenters. The van der Waals surface area contributed by atoms with Crippen LogP contribution in [0.3, 0.4) is 0 Å². The highest BCUT2D eigenvalue weighted by molar-refractivity contribution is 8.13. The summed E-state index contributed by atoms with van der Waals surface area (Å²) >= 11 is 0. The molecule has 1 unspecified atom stereocenters. The van der Waals surface area contributed by atoms with E-state index in [0.717, 1.165) is 25.1 Å². The Morgan fingerprint density at radius 3 is 2.29 bits per heavy atom. The molecule has 0 N–H and O–H groups in total. The summed E-state index contributed by atoms with van der Waals surface area (Å²) in [5, 5.41) is 4.51. The Labute approximate surface area is 133 Å². The van der Waals surface area contributed by atoms with Gasteiger partial charge in [-0.05, 0) is 25.2 Å². The van der Waals surface area contributed by atoms with Crippen molar-refractivity contribution in [3.8, 4) is 0 Å². The molecule has 0 aliphatic carbocycles. The van der Waals surface area contributed by atoms with Crippen LogP contribution in [0.4, 0.5) is 0 Å². The second-order valence-electron chi connectivity index (χ2n) is 5.47. The van der Waals surface area contributed by atoms with Crippen LogP contribution in [0.1, 0.15) is 64.8 Å². The Hall–Kier alpha value is -0.550. The minimum absolute atomic E-state index is 0.236. The number of unbranched alkanes of at least 4 members (excludes halogenated alkanes) is 1. The molecule has 0 amide bonds. The molecule has 1 aromatic heterocycles. The number of hydrogen-bond acceptors (Lipinski definition) is 3. The van der Waals surface area contributed by atoms with Gasteiger partial charge in [0.05, 0.1) is 11.4 Å². The van der Waals surface area contributed by atoms with Crippen molar-refractivity contribution in [1.82, 2.24) is 9.78 Å². The molecule has 0 aliphatic rings. The van der Waals surface area contributed by atoms with Crippen LogP contribution in [0.2, 0.25) is 0 Å². The van der Waals surface area contributed by atoms with Gasteiger partial charge in [0, 0.05) is 17.2 Å². The Morgan fingerprint density at radius 1 is 1.19 bits per heavy atom. The SMILES string of the molecule is CCCCC(CC)Cn1nc(CC)c(S(=O)(=O)Cl)c1CC. The maximum atomic E-state index is 11.8. The maximum Gasteiger partial charge on any atom is 0.264 e. The van der Waals surface area contributed by atoms with Crippen LogP contribution in [0.25, 0.3) is 0 Å². The molecule has 21 heavy (non-hydrogen) atoms. The van der Waals surface area contributed by atoms with Gasteiger partial charge in [0.15, 0.2) is 0 Å². The third-order valence-corrected chi connectivity index (χ3v) is 5.39. The number of halogens is 1. The van der Waals surface area contributed by atoms with Crippen LogP contribution in [-0.4, -0.2) is 18.2 Å². The monoisotopic (exact) mass is 334 g/mol. The quantitative estimate of drug-likeness (QED) is 0.637. The summed E-state index contributed by atoms with van der Waals surface area (Å²) in [6, 6.07) is 0. The number of aromatic nitrogens is 2. The lowest BCUT2D eigenvalue weighted by Crippen LogP contribution is -2.14. The highest BCUT2D eigenvalue weighted by Crippen LogP contribution is 2.27. The molecule has 0 radical (unpaired) electrons. The van der Waals surface area contributed by atoms with E-state index in [2.05, 4.69) is 18.9 Å². The van der Waals surface area contributed by atoms with Crippen LogP contribution in [0.5, 0.6) is 0 Å². The number of nitrogens with zero attached hydrogens (tertiary/aromatic N) is 2. The van der Waals surface area contributed by atoms with E-state index in [0.29, 0.717) is 24.5 Å². The molecule has 1 heterocycles. The van der Waals surface area contributed by atoms with E-state index in [4.69, 9.17) is 10.7 Å². The lowest BCUT2D eigenvalue weighted by Gasteiger charge is -2.16. The maximum absolute atomic E-state index is 11.8. The summed E-state index contributed by atoms with van der Waals surface area (Å²) in [5.74, 6) is 0.533. The molecule has 6 heteroatoms. The van der Waals surface area contributed by atoms with E-state index < -0.39 is 9.05 Å². The van der Waals surface area contributed by atoms with Crippen LogP contribution < -0.4 is 0 Å². The van der Waals surface area contributed by atoms with E-state index in [9.17, 15) is 8.42 Å². The van der Waals surface area contributed by atoms with Gasteiger partial charge in [-0.15, -0.1) is 0 Å². The van der Waals surface area contributed by atoms with Gasteiger partial charge in [-0.25, -0.2) is 8.42 Å². The summed E-state index contributed by atoms with van der Waals surface area (Å²) in [4.78, 5) is 0.236. The molecular weight excluding hydrogens is 308 g/mol. The van der Waals surface area contributed by atoms with Crippen molar-refractivity contribution in [1.29, 1.82) is 0 Å². The average Bonchev–Trinajstić information content (AvgIpc) is 2.80. The third kappa shape index (κ3) is 4.71. The summed E-state index contributed by atoms with van der Waals surface area (Å²) in [6.07, 6.45) is 5.81. The Balaban J connectivity index is 3.16. The molecule has 0 aliphatic heterocycles. The molecule has 0 saturated carbocycles. The van der Waals surface area contributed by atoms with E-state index in [-0.39, 0.29) is 4.90 Å². The van der Waals surface area contributed by atoms with Gasteiger partial charge in [-0.3, -0.25) is 4.68 Å². The van der Waals surface area contributed by atoms with Crippen molar-refractivity contribution in [2.45, 2.75) is 77.7 Å². The van der Waals surface area contributed by atoms with Gasteiger partial charge in [-0.2, -0.15) is 5.10 Å². The van der Waals surface area contributed by atoms with E-state index in [1.165, 1.54) is 12.8 Å². The van der Waals surface area contributed by atoms with Gasteiger partial charge < -0.3 is 0 Å². The van der Waals surface area contributed by atoms with E-state index >= 15 is 0 Å². The average molecular weight is 335 g/mol. The third-order valence-electron chi connectivity index (χ3n) is 3.97. The van der Waals surface area contributed by atoms with Crippen molar-refractivity contribution >= 4 is 19.7 Å². The Bertz CT molecular complexity index is 552. The fourth-order valence-electron chi connectivity index (χ4n) is 2.70. The van der Waals surface area contributed by atoms with Crippen molar-refractivity contribution in [3.05, 3.63) is 11.4 Å². The highest BCUT2D eigenvalue weighted by atomic mass is 35.7.